The number of carbonyl (C=O) groups is 2. The van der Waals surface area contributed by atoms with Crippen molar-refractivity contribution in [2.45, 2.75) is 63.5 Å². The van der Waals surface area contributed by atoms with E-state index in [1.54, 1.807) is 28.0 Å². The molecule has 0 aliphatic heterocycles. The third-order valence-electron chi connectivity index (χ3n) is 6.43. The second-order valence-electron chi connectivity index (χ2n) is 8.37. The highest BCUT2D eigenvalue weighted by Crippen LogP contribution is 2.33. The van der Waals surface area contributed by atoms with Crippen LogP contribution in [0.5, 0.6) is 5.75 Å². The second-order valence-corrected chi connectivity index (χ2v) is 8.37. The first kappa shape index (κ1) is 22.6. The zero-order valence-corrected chi connectivity index (χ0v) is 18.7. The van der Waals surface area contributed by atoms with Gasteiger partial charge in [0.2, 0.25) is 0 Å². The van der Waals surface area contributed by atoms with Crippen LogP contribution in [0.4, 0.5) is 0 Å². The molecule has 0 heterocycles. The largest absolute Gasteiger partial charge is 0.497 e. The summed E-state index contributed by atoms with van der Waals surface area (Å²) >= 11 is 0. The lowest BCUT2D eigenvalue weighted by molar-refractivity contribution is -0.161. The Balaban J connectivity index is 1.69. The number of fused-ring (bicyclic) bond motifs is 1. The van der Waals surface area contributed by atoms with Crippen molar-refractivity contribution in [1.29, 1.82) is 5.26 Å². The number of likely N-dealkylation sites (N-methyl/N-ethyl adjacent to an activating group) is 1. The van der Waals surface area contributed by atoms with Crippen LogP contribution in [-0.2, 0) is 14.3 Å². The summed E-state index contributed by atoms with van der Waals surface area (Å²) in [4.78, 5) is 27.2. The van der Waals surface area contributed by atoms with Gasteiger partial charge in [-0.15, -0.1) is 0 Å². The van der Waals surface area contributed by atoms with Crippen LogP contribution in [-0.4, -0.2) is 42.6 Å². The van der Waals surface area contributed by atoms with E-state index < -0.39 is 23.5 Å². The average Bonchev–Trinajstić information content (AvgIpc) is 2.82. The van der Waals surface area contributed by atoms with E-state index in [9.17, 15) is 14.9 Å². The molecule has 0 spiro atoms. The molecule has 0 unspecified atom stereocenters. The van der Waals surface area contributed by atoms with Crippen molar-refractivity contribution in [3.8, 4) is 11.8 Å². The van der Waals surface area contributed by atoms with Crippen molar-refractivity contribution in [3.63, 3.8) is 0 Å². The molecule has 2 aromatic rings. The van der Waals surface area contributed by atoms with Gasteiger partial charge in [0.1, 0.15) is 11.3 Å². The normalized spacial score (nSPS) is 17.3. The number of esters is 1. The van der Waals surface area contributed by atoms with Crippen molar-refractivity contribution in [2.75, 3.05) is 14.2 Å². The van der Waals surface area contributed by atoms with Crippen LogP contribution in [0.2, 0.25) is 0 Å². The molecule has 1 amide bonds. The molecule has 6 nitrogen and oxygen atoms in total. The molecule has 0 N–H and O–H groups in total. The fourth-order valence-corrected chi connectivity index (χ4v) is 4.24. The summed E-state index contributed by atoms with van der Waals surface area (Å²) in [6.45, 7) is 3.34. The fraction of sp³-hybridized carbons (Fsp3) is 0.480. The highest BCUT2D eigenvalue weighted by atomic mass is 16.5. The molecule has 1 aliphatic carbocycles. The number of amides is 1. The third kappa shape index (κ3) is 4.66. The number of rotatable bonds is 6. The van der Waals surface area contributed by atoms with Crippen molar-refractivity contribution < 1.29 is 19.1 Å². The Labute approximate surface area is 183 Å². The monoisotopic (exact) mass is 422 g/mol. The van der Waals surface area contributed by atoms with Crippen LogP contribution in [0.15, 0.2) is 36.4 Å². The Morgan fingerprint density at radius 1 is 1.06 bits per heavy atom. The van der Waals surface area contributed by atoms with E-state index in [1.165, 1.54) is 4.90 Å². The topological polar surface area (TPSA) is 79.6 Å². The smallest absolute Gasteiger partial charge is 0.313 e. The van der Waals surface area contributed by atoms with Gasteiger partial charge in [0.05, 0.1) is 19.1 Å². The van der Waals surface area contributed by atoms with Gasteiger partial charge in [0, 0.05) is 7.05 Å². The second kappa shape index (κ2) is 9.38. The molecule has 1 fully saturated rings. The first-order valence-electron chi connectivity index (χ1n) is 10.8. The molecule has 2 aromatic carbocycles. The van der Waals surface area contributed by atoms with E-state index in [4.69, 9.17) is 9.47 Å². The lowest BCUT2D eigenvalue weighted by atomic mass is 9.81. The predicted octanol–water partition coefficient (Wildman–Crippen LogP) is 4.57. The highest BCUT2D eigenvalue weighted by molar-refractivity contribution is 5.88. The van der Waals surface area contributed by atoms with Gasteiger partial charge in [-0.25, -0.2) is 0 Å². The molecule has 1 aliphatic rings. The maximum Gasteiger partial charge on any atom is 0.313 e. The number of hydrogen-bond donors (Lipinski definition) is 0. The van der Waals surface area contributed by atoms with E-state index in [2.05, 4.69) is 6.07 Å². The molecule has 6 heteroatoms. The molecular weight excluding hydrogens is 392 g/mol. The van der Waals surface area contributed by atoms with Crippen molar-refractivity contribution in [1.82, 2.24) is 4.90 Å². The zero-order valence-electron chi connectivity index (χ0n) is 18.7. The molecule has 164 valence electrons. The number of hydrogen-bond acceptors (Lipinski definition) is 5. The summed E-state index contributed by atoms with van der Waals surface area (Å²) in [6, 6.07) is 13.9. The Bertz CT molecular complexity index is 1000. The Hall–Kier alpha value is -3.07. The maximum atomic E-state index is 12.9. The van der Waals surface area contributed by atoms with Gasteiger partial charge >= 0.3 is 5.97 Å². The Morgan fingerprint density at radius 2 is 1.71 bits per heavy atom. The van der Waals surface area contributed by atoms with Gasteiger partial charge < -0.3 is 14.4 Å². The van der Waals surface area contributed by atoms with E-state index in [0.717, 1.165) is 41.3 Å². The molecule has 1 saturated carbocycles. The molecule has 2 atom stereocenters. The van der Waals surface area contributed by atoms with Gasteiger partial charge in [-0.1, -0.05) is 43.5 Å². The molecule has 0 bridgehead atoms. The maximum absolute atomic E-state index is 12.9. The van der Waals surface area contributed by atoms with E-state index in [0.29, 0.717) is 12.8 Å². The van der Waals surface area contributed by atoms with E-state index >= 15 is 0 Å². The predicted molar refractivity (Wildman–Crippen MR) is 119 cm³/mol. The SMILES string of the molecule is COc1ccc2cc([C@H](C)C(=O)O[C@H](C)C(=O)N(C)C3(C#N)CCCCC3)ccc2c1. The number of nitriles is 1. The van der Waals surface area contributed by atoms with Crippen LogP contribution < -0.4 is 4.74 Å². The first-order valence-corrected chi connectivity index (χ1v) is 10.8. The van der Waals surface area contributed by atoms with Crippen LogP contribution in [0.3, 0.4) is 0 Å². The molecule has 0 radical (unpaired) electrons. The van der Waals surface area contributed by atoms with Crippen molar-refractivity contribution >= 4 is 22.6 Å². The number of carbonyl (C=O) groups excluding carboxylic acids is 2. The molecule has 31 heavy (non-hydrogen) atoms. The highest BCUT2D eigenvalue weighted by Gasteiger charge is 2.41. The number of benzene rings is 2. The van der Waals surface area contributed by atoms with Crippen LogP contribution >= 0.6 is 0 Å². The standard InChI is InChI=1S/C25H30N2O4/c1-17(19-8-9-21-15-22(30-4)11-10-20(21)14-19)24(29)31-18(2)23(28)27(3)25(16-26)12-6-5-7-13-25/h8-11,14-15,17-18H,5-7,12-13H2,1-4H3/t17-,18+/m0/s1. The Kier molecular flexibility index (Phi) is 6.84. The molecular formula is C25H30N2O4. The minimum absolute atomic E-state index is 0.338. The lowest BCUT2D eigenvalue weighted by Crippen LogP contribution is -2.53. The van der Waals surface area contributed by atoms with Crippen LogP contribution in [0.1, 0.15) is 57.4 Å². The van der Waals surface area contributed by atoms with E-state index in [1.807, 2.05) is 36.4 Å². The summed E-state index contributed by atoms with van der Waals surface area (Å²) in [6.07, 6.45) is 3.28. The fourth-order valence-electron chi connectivity index (χ4n) is 4.24. The molecule has 0 saturated heterocycles. The number of nitrogens with zero attached hydrogens (tertiary/aromatic N) is 2. The van der Waals surface area contributed by atoms with E-state index in [-0.39, 0.29) is 5.91 Å². The summed E-state index contributed by atoms with van der Waals surface area (Å²) in [5.74, 6) is -0.546. The lowest BCUT2D eigenvalue weighted by Gasteiger charge is -2.39. The Morgan fingerprint density at radius 3 is 2.35 bits per heavy atom. The molecule has 3 rings (SSSR count). The third-order valence-corrected chi connectivity index (χ3v) is 6.43. The van der Waals surface area contributed by atoms with Crippen LogP contribution in [0.25, 0.3) is 10.8 Å². The summed E-state index contributed by atoms with van der Waals surface area (Å²) < 4.78 is 10.8. The number of ether oxygens (including phenoxy) is 2. The van der Waals surface area contributed by atoms with Gasteiger partial charge in [0.25, 0.3) is 5.91 Å². The summed E-state index contributed by atoms with van der Waals surface area (Å²) in [7, 11) is 3.27. The minimum atomic E-state index is -0.947. The average molecular weight is 423 g/mol. The molecule has 0 aromatic heterocycles. The van der Waals surface area contributed by atoms with Crippen molar-refractivity contribution in [3.05, 3.63) is 42.0 Å². The van der Waals surface area contributed by atoms with Crippen molar-refractivity contribution in [2.24, 2.45) is 0 Å². The zero-order chi connectivity index (χ0) is 22.6. The van der Waals surface area contributed by atoms with Crippen LogP contribution in [0, 0.1) is 11.3 Å². The van der Waals surface area contributed by atoms with Gasteiger partial charge in [-0.05, 0) is 55.2 Å². The van der Waals surface area contributed by atoms with Gasteiger partial charge in [-0.3, -0.25) is 9.59 Å². The first-order chi connectivity index (χ1) is 14.8. The van der Waals surface area contributed by atoms with Gasteiger partial charge in [0.15, 0.2) is 6.10 Å². The summed E-state index contributed by atoms with van der Waals surface area (Å²) in [5, 5.41) is 11.7. The quantitative estimate of drug-likeness (QED) is 0.637. The summed E-state index contributed by atoms with van der Waals surface area (Å²) in [5.41, 5.74) is 0.0116. The number of methoxy groups -OCH3 is 1. The minimum Gasteiger partial charge on any atom is -0.497 e. The van der Waals surface area contributed by atoms with Gasteiger partial charge in [-0.2, -0.15) is 5.26 Å².